The Morgan fingerprint density at radius 2 is 2.00 bits per heavy atom. The Kier molecular flexibility index (Phi) is 4.76. The maximum atomic E-state index is 12.1. The molecule has 2 N–H and O–H groups in total. The summed E-state index contributed by atoms with van der Waals surface area (Å²) >= 11 is 0. The standard InChI is InChI=1S/C20H34O4/c1-14(8-12-21)5-6-16-19(3)11-7-15-18(2,17(22)23)9-4-10-20(15,16)13-24-19/h14-16,21H,4-13H2,1-3H3,(H,22,23)/t14-,15-,16-,18?,19+,20+/m0/s1. The summed E-state index contributed by atoms with van der Waals surface area (Å²) in [5.41, 5.74) is -0.619. The van der Waals surface area contributed by atoms with E-state index in [1.54, 1.807) is 0 Å². The summed E-state index contributed by atoms with van der Waals surface area (Å²) in [4.78, 5) is 12.1. The van der Waals surface area contributed by atoms with Gasteiger partial charge in [0.2, 0.25) is 0 Å². The molecule has 0 aromatic heterocycles. The fourth-order valence-electron chi connectivity index (χ4n) is 6.41. The molecule has 0 radical (unpaired) electrons. The molecule has 1 saturated heterocycles. The molecule has 3 aliphatic rings. The van der Waals surface area contributed by atoms with E-state index in [0.717, 1.165) is 58.0 Å². The van der Waals surface area contributed by atoms with Crippen molar-refractivity contribution in [1.29, 1.82) is 0 Å². The van der Waals surface area contributed by atoms with Crippen LogP contribution in [0.1, 0.15) is 72.1 Å². The Balaban J connectivity index is 1.86. The van der Waals surface area contributed by atoms with E-state index in [1.807, 2.05) is 6.92 Å². The molecule has 1 aliphatic heterocycles. The molecule has 0 amide bonds. The fraction of sp³-hybridized carbons (Fsp3) is 0.950. The van der Waals surface area contributed by atoms with E-state index in [4.69, 9.17) is 9.84 Å². The highest BCUT2D eigenvalue weighted by Gasteiger charge is 2.67. The molecular formula is C20H34O4. The van der Waals surface area contributed by atoms with Gasteiger partial charge in [0.25, 0.3) is 0 Å². The lowest BCUT2D eigenvalue weighted by Crippen LogP contribution is -2.57. The number of fused-ring (bicyclic) bond motifs is 1. The van der Waals surface area contributed by atoms with Crippen LogP contribution in [0.15, 0.2) is 0 Å². The van der Waals surface area contributed by atoms with Gasteiger partial charge in [-0.2, -0.15) is 0 Å². The van der Waals surface area contributed by atoms with Crippen molar-refractivity contribution < 1.29 is 19.7 Å². The first kappa shape index (κ1) is 18.2. The molecule has 4 heteroatoms. The summed E-state index contributed by atoms with van der Waals surface area (Å²) < 4.78 is 6.36. The van der Waals surface area contributed by atoms with Crippen molar-refractivity contribution in [3.8, 4) is 0 Å². The minimum Gasteiger partial charge on any atom is -0.481 e. The number of ether oxygens (including phenoxy) is 1. The summed E-state index contributed by atoms with van der Waals surface area (Å²) in [5, 5.41) is 19.1. The van der Waals surface area contributed by atoms with Gasteiger partial charge in [-0.1, -0.05) is 19.8 Å². The van der Waals surface area contributed by atoms with Gasteiger partial charge in [0.15, 0.2) is 0 Å². The number of hydrogen-bond acceptors (Lipinski definition) is 3. The van der Waals surface area contributed by atoms with Crippen molar-refractivity contribution in [3.63, 3.8) is 0 Å². The summed E-state index contributed by atoms with van der Waals surface area (Å²) in [6, 6.07) is 0. The normalized spacial score (nSPS) is 45.7. The average molecular weight is 338 g/mol. The van der Waals surface area contributed by atoms with Gasteiger partial charge in [0.05, 0.1) is 17.6 Å². The van der Waals surface area contributed by atoms with E-state index < -0.39 is 11.4 Å². The lowest BCUT2D eigenvalue weighted by atomic mass is 9.45. The third kappa shape index (κ3) is 2.61. The zero-order chi connectivity index (χ0) is 17.6. The maximum absolute atomic E-state index is 12.1. The second-order valence-electron chi connectivity index (χ2n) is 9.25. The number of carboxylic acids is 1. The largest absolute Gasteiger partial charge is 0.481 e. The molecule has 1 spiro atoms. The molecule has 2 saturated carbocycles. The number of hydrogen-bond donors (Lipinski definition) is 2. The van der Waals surface area contributed by atoms with Crippen molar-refractivity contribution in [1.82, 2.24) is 0 Å². The molecule has 138 valence electrons. The first-order valence-corrected chi connectivity index (χ1v) is 9.77. The van der Waals surface area contributed by atoms with Crippen LogP contribution in [-0.2, 0) is 9.53 Å². The van der Waals surface area contributed by atoms with Gasteiger partial charge in [0, 0.05) is 12.0 Å². The highest BCUT2D eigenvalue weighted by Crippen LogP contribution is 2.67. The number of aliphatic hydroxyl groups is 1. The van der Waals surface area contributed by atoms with E-state index >= 15 is 0 Å². The molecule has 1 unspecified atom stereocenters. The van der Waals surface area contributed by atoms with E-state index in [1.165, 1.54) is 0 Å². The van der Waals surface area contributed by atoms with Gasteiger partial charge in [-0.05, 0) is 70.1 Å². The maximum Gasteiger partial charge on any atom is 0.309 e. The zero-order valence-electron chi connectivity index (χ0n) is 15.5. The van der Waals surface area contributed by atoms with E-state index in [9.17, 15) is 9.90 Å². The predicted molar refractivity (Wildman–Crippen MR) is 92.7 cm³/mol. The van der Waals surface area contributed by atoms with Crippen molar-refractivity contribution in [2.75, 3.05) is 13.2 Å². The van der Waals surface area contributed by atoms with Crippen molar-refractivity contribution in [2.24, 2.45) is 28.6 Å². The van der Waals surface area contributed by atoms with Crippen LogP contribution in [0.2, 0.25) is 0 Å². The Morgan fingerprint density at radius 1 is 1.25 bits per heavy atom. The quantitative estimate of drug-likeness (QED) is 0.772. The Morgan fingerprint density at radius 3 is 2.67 bits per heavy atom. The van der Waals surface area contributed by atoms with Gasteiger partial charge >= 0.3 is 5.97 Å². The third-order valence-corrected chi connectivity index (χ3v) is 7.89. The summed E-state index contributed by atoms with van der Waals surface area (Å²) in [7, 11) is 0. The van der Waals surface area contributed by atoms with E-state index in [2.05, 4.69) is 13.8 Å². The molecule has 3 rings (SSSR count). The topological polar surface area (TPSA) is 66.8 Å². The molecule has 4 nitrogen and oxygen atoms in total. The number of carboxylic acid groups (broad SMARTS) is 1. The van der Waals surface area contributed by atoms with Crippen LogP contribution < -0.4 is 0 Å². The second-order valence-corrected chi connectivity index (χ2v) is 9.25. The highest BCUT2D eigenvalue weighted by atomic mass is 16.5. The molecule has 0 aromatic rings. The second kappa shape index (κ2) is 6.28. The summed E-state index contributed by atoms with van der Waals surface area (Å²) in [6.07, 6.45) is 7.96. The minimum absolute atomic E-state index is 0.0529. The SMILES string of the molecule is C[C@H](CCO)CC[C@@H]1[C@@]23CCCC(C)(C(=O)O)[C@@H]2CC[C@@]1(C)OC3. The lowest BCUT2D eigenvalue weighted by molar-refractivity contribution is -0.166. The minimum atomic E-state index is -0.616. The van der Waals surface area contributed by atoms with Crippen LogP contribution in [-0.4, -0.2) is 35.0 Å². The van der Waals surface area contributed by atoms with Gasteiger partial charge in [-0.3, -0.25) is 4.79 Å². The smallest absolute Gasteiger partial charge is 0.309 e. The summed E-state index contributed by atoms with van der Waals surface area (Å²) in [6.45, 7) is 7.45. The van der Waals surface area contributed by atoms with Crippen LogP contribution in [0.3, 0.4) is 0 Å². The molecule has 6 atom stereocenters. The molecule has 2 aliphatic carbocycles. The van der Waals surface area contributed by atoms with Crippen LogP contribution in [0.4, 0.5) is 0 Å². The monoisotopic (exact) mass is 338 g/mol. The van der Waals surface area contributed by atoms with Crippen molar-refractivity contribution in [2.45, 2.75) is 77.7 Å². The summed E-state index contributed by atoms with van der Waals surface area (Å²) in [5.74, 6) is 0.604. The van der Waals surface area contributed by atoms with Crippen LogP contribution >= 0.6 is 0 Å². The molecule has 1 heterocycles. The molecule has 2 bridgehead atoms. The average Bonchev–Trinajstić information content (AvgIpc) is 2.68. The molecule has 24 heavy (non-hydrogen) atoms. The Hall–Kier alpha value is -0.610. The predicted octanol–water partition coefficient (Wildman–Crippen LogP) is 3.86. The number of aliphatic carboxylic acids is 1. The fourth-order valence-corrected chi connectivity index (χ4v) is 6.41. The molecular weight excluding hydrogens is 304 g/mol. The van der Waals surface area contributed by atoms with Gasteiger partial charge < -0.3 is 14.9 Å². The Labute approximate surface area is 146 Å². The lowest BCUT2D eigenvalue weighted by Gasteiger charge is -2.57. The number of aliphatic hydroxyl groups excluding tert-OH is 1. The van der Waals surface area contributed by atoms with E-state index in [0.29, 0.717) is 11.8 Å². The third-order valence-electron chi connectivity index (χ3n) is 7.89. The van der Waals surface area contributed by atoms with Crippen LogP contribution in [0.25, 0.3) is 0 Å². The van der Waals surface area contributed by atoms with Gasteiger partial charge in [0.1, 0.15) is 0 Å². The van der Waals surface area contributed by atoms with Crippen LogP contribution in [0, 0.1) is 28.6 Å². The zero-order valence-corrected chi connectivity index (χ0v) is 15.5. The van der Waals surface area contributed by atoms with Gasteiger partial charge in [-0.25, -0.2) is 0 Å². The van der Waals surface area contributed by atoms with Gasteiger partial charge in [-0.15, -0.1) is 0 Å². The Bertz CT molecular complexity index is 492. The number of carbonyl (C=O) groups is 1. The molecule has 3 fully saturated rings. The first-order chi connectivity index (χ1) is 11.3. The van der Waals surface area contributed by atoms with E-state index in [-0.39, 0.29) is 23.5 Å². The molecule has 0 aromatic carbocycles. The highest BCUT2D eigenvalue weighted by molar-refractivity contribution is 5.75. The first-order valence-electron chi connectivity index (χ1n) is 9.77. The van der Waals surface area contributed by atoms with Crippen LogP contribution in [0.5, 0.6) is 0 Å². The van der Waals surface area contributed by atoms with Crippen molar-refractivity contribution in [3.05, 3.63) is 0 Å². The number of rotatable bonds is 6. The van der Waals surface area contributed by atoms with Crippen molar-refractivity contribution >= 4 is 5.97 Å².